The fourth-order valence-corrected chi connectivity index (χ4v) is 4.27. The van der Waals surface area contributed by atoms with Gasteiger partial charge in [-0.25, -0.2) is 0 Å². The summed E-state index contributed by atoms with van der Waals surface area (Å²) in [5.41, 5.74) is 1.74. The molecule has 1 saturated heterocycles. The summed E-state index contributed by atoms with van der Waals surface area (Å²) in [4.78, 5) is 2.67. The number of nitrogens with zero attached hydrogens (tertiary/aromatic N) is 1. The SMILES string of the molecule is CC(C)C1CNC2(CCCCC2)CN1c1ccc(Br)cc1. The van der Waals surface area contributed by atoms with E-state index in [9.17, 15) is 0 Å². The summed E-state index contributed by atoms with van der Waals surface area (Å²) >= 11 is 3.55. The lowest BCUT2D eigenvalue weighted by Crippen LogP contribution is -2.66. The van der Waals surface area contributed by atoms with Gasteiger partial charge in [0.2, 0.25) is 0 Å². The number of halogens is 1. The van der Waals surface area contributed by atoms with Gasteiger partial charge in [0, 0.05) is 34.8 Å². The van der Waals surface area contributed by atoms with Gasteiger partial charge in [0.25, 0.3) is 0 Å². The standard InChI is InChI=1S/C18H27BrN2/c1-14(2)17-12-20-18(10-4-3-5-11-18)13-21(17)16-8-6-15(19)7-9-16/h6-9,14,17,20H,3-5,10-13H2,1-2H3. The molecule has 1 saturated carbocycles. The summed E-state index contributed by atoms with van der Waals surface area (Å²) in [5, 5.41) is 3.93. The smallest absolute Gasteiger partial charge is 0.0438 e. The molecular weight excluding hydrogens is 324 g/mol. The van der Waals surface area contributed by atoms with Crippen LogP contribution in [0.4, 0.5) is 5.69 Å². The van der Waals surface area contributed by atoms with E-state index >= 15 is 0 Å². The van der Waals surface area contributed by atoms with E-state index in [-0.39, 0.29) is 0 Å². The second kappa shape index (κ2) is 6.29. The van der Waals surface area contributed by atoms with Gasteiger partial charge < -0.3 is 10.2 Å². The zero-order valence-electron chi connectivity index (χ0n) is 13.2. The first kappa shape index (κ1) is 15.4. The van der Waals surface area contributed by atoms with Crippen molar-refractivity contribution in [3.8, 4) is 0 Å². The van der Waals surface area contributed by atoms with E-state index in [2.05, 4.69) is 64.3 Å². The molecule has 3 heteroatoms. The molecule has 1 aliphatic heterocycles. The summed E-state index contributed by atoms with van der Waals surface area (Å²) in [6.45, 7) is 6.97. The zero-order chi connectivity index (χ0) is 14.9. The van der Waals surface area contributed by atoms with Crippen LogP contribution in [0, 0.1) is 5.92 Å². The highest BCUT2D eigenvalue weighted by Gasteiger charge is 2.40. The zero-order valence-corrected chi connectivity index (χ0v) is 14.8. The molecule has 1 spiro atoms. The maximum atomic E-state index is 3.93. The van der Waals surface area contributed by atoms with Crippen LogP contribution in [0.2, 0.25) is 0 Å². The van der Waals surface area contributed by atoms with Crippen molar-refractivity contribution in [2.24, 2.45) is 5.92 Å². The van der Waals surface area contributed by atoms with Crippen LogP contribution < -0.4 is 10.2 Å². The van der Waals surface area contributed by atoms with E-state index < -0.39 is 0 Å². The monoisotopic (exact) mass is 350 g/mol. The lowest BCUT2D eigenvalue weighted by molar-refractivity contribution is 0.184. The van der Waals surface area contributed by atoms with Gasteiger partial charge in [0.05, 0.1) is 0 Å². The fraction of sp³-hybridized carbons (Fsp3) is 0.667. The molecule has 1 aromatic carbocycles. The first-order valence-electron chi connectivity index (χ1n) is 8.37. The van der Waals surface area contributed by atoms with Crippen molar-refractivity contribution in [3.05, 3.63) is 28.7 Å². The van der Waals surface area contributed by atoms with Crippen LogP contribution in [0.3, 0.4) is 0 Å². The maximum Gasteiger partial charge on any atom is 0.0438 e. The van der Waals surface area contributed by atoms with Crippen molar-refractivity contribution in [2.45, 2.75) is 57.5 Å². The van der Waals surface area contributed by atoms with Crippen molar-refractivity contribution in [3.63, 3.8) is 0 Å². The minimum atomic E-state index is 0.358. The van der Waals surface area contributed by atoms with Gasteiger partial charge >= 0.3 is 0 Å². The molecule has 1 aromatic rings. The lowest BCUT2D eigenvalue weighted by Gasteiger charge is -2.51. The molecule has 1 N–H and O–H groups in total. The quantitative estimate of drug-likeness (QED) is 0.839. The van der Waals surface area contributed by atoms with Crippen LogP contribution in [0.5, 0.6) is 0 Å². The Hall–Kier alpha value is -0.540. The van der Waals surface area contributed by atoms with E-state index in [1.165, 1.54) is 37.8 Å². The third-order valence-electron chi connectivity index (χ3n) is 5.30. The Balaban J connectivity index is 1.85. The molecule has 3 rings (SSSR count). The van der Waals surface area contributed by atoms with Gasteiger partial charge in [-0.1, -0.05) is 49.0 Å². The number of benzene rings is 1. The summed E-state index contributed by atoms with van der Waals surface area (Å²) < 4.78 is 1.16. The minimum absolute atomic E-state index is 0.358. The molecule has 1 aliphatic carbocycles. The summed E-state index contributed by atoms with van der Waals surface area (Å²) in [5.74, 6) is 0.669. The van der Waals surface area contributed by atoms with Gasteiger partial charge in [-0.3, -0.25) is 0 Å². The fourth-order valence-electron chi connectivity index (χ4n) is 4.00. The van der Waals surface area contributed by atoms with Gasteiger partial charge in [-0.2, -0.15) is 0 Å². The molecule has 2 nitrogen and oxygen atoms in total. The van der Waals surface area contributed by atoms with E-state index in [0.29, 0.717) is 17.5 Å². The van der Waals surface area contributed by atoms with Crippen LogP contribution in [-0.4, -0.2) is 24.7 Å². The summed E-state index contributed by atoms with van der Waals surface area (Å²) in [6.07, 6.45) is 6.85. The van der Waals surface area contributed by atoms with Gasteiger partial charge in [0.15, 0.2) is 0 Å². The highest BCUT2D eigenvalue weighted by Crippen LogP contribution is 2.35. The molecule has 0 amide bonds. The number of piperazine rings is 1. The average Bonchev–Trinajstić information content (AvgIpc) is 2.48. The minimum Gasteiger partial charge on any atom is -0.365 e. The van der Waals surface area contributed by atoms with Gasteiger partial charge in [-0.05, 0) is 43.0 Å². The van der Waals surface area contributed by atoms with Crippen LogP contribution in [0.15, 0.2) is 28.7 Å². The Morgan fingerprint density at radius 3 is 2.43 bits per heavy atom. The molecule has 0 bridgehead atoms. The molecule has 0 aromatic heterocycles. The highest BCUT2D eigenvalue weighted by molar-refractivity contribution is 9.10. The van der Waals surface area contributed by atoms with Gasteiger partial charge in [-0.15, -0.1) is 0 Å². The second-order valence-corrected chi connectivity index (χ2v) is 8.05. The lowest BCUT2D eigenvalue weighted by atomic mass is 9.78. The average molecular weight is 351 g/mol. The Bertz CT molecular complexity index is 463. The normalized spacial score (nSPS) is 25.5. The van der Waals surface area contributed by atoms with E-state index in [1.807, 2.05) is 0 Å². The van der Waals surface area contributed by atoms with Gasteiger partial charge in [0.1, 0.15) is 0 Å². The van der Waals surface area contributed by atoms with E-state index in [0.717, 1.165) is 17.6 Å². The molecule has 1 atom stereocenters. The highest BCUT2D eigenvalue weighted by atomic mass is 79.9. The van der Waals surface area contributed by atoms with Crippen molar-refractivity contribution >= 4 is 21.6 Å². The van der Waals surface area contributed by atoms with Crippen molar-refractivity contribution in [2.75, 3.05) is 18.0 Å². The van der Waals surface area contributed by atoms with E-state index in [4.69, 9.17) is 0 Å². The third kappa shape index (κ3) is 3.29. The molecule has 21 heavy (non-hydrogen) atoms. The first-order chi connectivity index (χ1) is 10.1. The predicted molar refractivity (Wildman–Crippen MR) is 93.9 cm³/mol. The molecule has 2 aliphatic rings. The first-order valence-corrected chi connectivity index (χ1v) is 9.16. The second-order valence-electron chi connectivity index (χ2n) is 7.14. The predicted octanol–water partition coefficient (Wildman–Crippen LogP) is 4.59. The van der Waals surface area contributed by atoms with Crippen molar-refractivity contribution in [1.82, 2.24) is 5.32 Å². The molecular formula is C18H27BrN2. The Morgan fingerprint density at radius 2 is 1.81 bits per heavy atom. The largest absolute Gasteiger partial charge is 0.365 e. The van der Waals surface area contributed by atoms with Crippen LogP contribution in [0.1, 0.15) is 46.0 Å². The van der Waals surface area contributed by atoms with Crippen molar-refractivity contribution < 1.29 is 0 Å². The Labute approximate surface area is 137 Å². The molecule has 1 unspecified atom stereocenters. The summed E-state index contributed by atoms with van der Waals surface area (Å²) in [6, 6.07) is 9.46. The topological polar surface area (TPSA) is 15.3 Å². The third-order valence-corrected chi connectivity index (χ3v) is 5.83. The molecule has 116 valence electrons. The Kier molecular flexibility index (Phi) is 4.60. The number of rotatable bonds is 2. The van der Waals surface area contributed by atoms with Crippen LogP contribution >= 0.6 is 15.9 Å². The number of anilines is 1. The number of hydrogen-bond acceptors (Lipinski definition) is 2. The van der Waals surface area contributed by atoms with Crippen LogP contribution in [0.25, 0.3) is 0 Å². The molecule has 2 fully saturated rings. The van der Waals surface area contributed by atoms with E-state index in [1.54, 1.807) is 0 Å². The van der Waals surface area contributed by atoms with Crippen LogP contribution in [-0.2, 0) is 0 Å². The van der Waals surface area contributed by atoms with Crippen molar-refractivity contribution in [1.29, 1.82) is 0 Å². The maximum absolute atomic E-state index is 3.93. The molecule has 1 heterocycles. The Morgan fingerprint density at radius 1 is 1.14 bits per heavy atom. The number of hydrogen-bond donors (Lipinski definition) is 1. The summed E-state index contributed by atoms with van der Waals surface area (Å²) in [7, 11) is 0. The molecule has 0 radical (unpaired) electrons. The number of nitrogens with one attached hydrogen (secondary N) is 1.